The Kier molecular flexibility index (Phi) is 9.17. The molecular formula is C29H28ClN3O6. The number of halogens is 1. The standard InChI is InChI=1S/C29H28ClN3O6/c1-4-36-28(34)20-12-10-19(11-13-20)25(33-24-9-5-6-14-31-24)22-16-23(30)21-8-7-15-32-26(21)27(22)37-17-38-29(35)39-18(2)3/h5-16,18,25H,4,17H2,1-3H3,(H,31,33). The van der Waals surface area contributed by atoms with Gasteiger partial charge in [-0.3, -0.25) is 4.98 Å². The van der Waals surface area contributed by atoms with Gasteiger partial charge in [-0.05, 0) is 68.8 Å². The van der Waals surface area contributed by atoms with E-state index in [4.69, 9.17) is 30.5 Å². The maximum Gasteiger partial charge on any atom is 0.511 e. The second-order valence-electron chi connectivity index (χ2n) is 8.63. The van der Waals surface area contributed by atoms with Crippen LogP contribution in [0.25, 0.3) is 10.9 Å². The number of nitrogens with one attached hydrogen (secondary N) is 1. The molecule has 0 saturated heterocycles. The number of anilines is 1. The van der Waals surface area contributed by atoms with Crippen molar-refractivity contribution in [1.29, 1.82) is 0 Å². The van der Waals surface area contributed by atoms with E-state index in [1.54, 1.807) is 57.4 Å². The van der Waals surface area contributed by atoms with E-state index in [1.165, 1.54) is 0 Å². The molecule has 2 heterocycles. The minimum atomic E-state index is -0.851. The van der Waals surface area contributed by atoms with E-state index in [0.29, 0.717) is 38.6 Å². The summed E-state index contributed by atoms with van der Waals surface area (Å²) in [6.07, 6.45) is 2.11. The molecule has 4 aromatic rings. The molecule has 0 spiro atoms. The predicted molar refractivity (Wildman–Crippen MR) is 147 cm³/mol. The van der Waals surface area contributed by atoms with E-state index in [1.807, 2.05) is 36.4 Å². The van der Waals surface area contributed by atoms with Gasteiger partial charge in [0.05, 0.1) is 29.3 Å². The van der Waals surface area contributed by atoms with Crippen molar-refractivity contribution in [3.63, 3.8) is 0 Å². The molecule has 202 valence electrons. The van der Waals surface area contributed by atoms with E-state index in [-0.39, 0.29) is 12.7 Å². The third-order valence-electron chi connectivity index (χ3n) is 5.56. The maximum atomic E-state index is 12.2. The van der Waals surface area contributed by atoms with Crippen LogP contribution in [0.1, 0.15) is 48.3 Å². The molecule has 1 unspecified atom stereocenters. The molecule has 9 nitrogen and oxygen atoms in total. The lowest BCUT2D eigenvalue weighted by atomic mass is 9.95. The van der Waals surface area contributed by atoms with E-state index in [9.17, 15) is 9.59 Å². The second kappa shape index (κ2) is 12.9. The van der Waals surface area contributed by atoms with Crippen LogP contribution in [-0.4, -0.2) is 41.6 Å². The molecule has 0 aliphatic carbocycles. The van der Waals surface area contributed by atoms with Gasteiger partial charge in [0.15, 0.2) is 5.75 Å². The molecule has 0 bridgehead atoms. The van der Waals surface area contributed by atoms with Gasteiger partial charge >= 0.3 is 12.1 Å². The third-order valence-corrected chi connectivity index (χ3v) is 5.87. The van der Waals surface area contributed by atoms with Crippen molar-refractivity contribution < 1.29 is 28.5 Å². The lowest BCUT2D eigenvalue weighted by molar-refractivity contribution is -0.00809. The predicted octanol–water partition coefficient (Wildman–Crippen LogP) is 6.56. The van der Waals surface area contributed by atoms with Gasteiger partial charge in [-0.15, -0.1) is 0 Å². The molecule has 0 radical (unpaired) electrons. The molecule has 10 heteroatoms. The third kappa shape index (κ3) is 6.94. The zero-order valence-electron chi connectivity index (χ0n) is 21.7. The summed E-state index contributed by atoms with van der Waals surface area (Å²) in [6, 6.07) is 17.3. The monoisotopic (exact) mass is 549 g/mol. The van der Waals surface area contributed by atoms with Gasteiger partial charge in [0, 0.05) is 23.3 Å². The number of fused-ring (bicyclic) bond motifs is 1. The molecule has 0 aliphatic heterocycles. The average Bonchev–Trinajstić information content (AvgIpc) is 2.93. The first-order valence-electron chi connectivity index (χ1n) is 12.3. The number of hydrogen-bond acceptors (Lipinski definition) is 9. The van der Waals surface area contributed by atoms with Gasteiger partial charge < -0.3 is 24.3 Å². The summed E-state index contributed by atoms with van der Waals surface area (Å²) in [5.74, 6) is 0.540. The fourth-order valence-electron chi connectivity index (χ4n) is 3.89. The van der Waals surface area contributed by atoms with Gasteiger partial charge in [-0.25, -0.2) is 14.6 Å². The highest BCUT2D eigenvalue weighted by Crippen LogP contribution is 2.40. The van der Waals surface area contributed by atoms with Crippen molar-refractivity contribution in [1.82, 2.24) is 9.97 Å². The quantitative estimate of drug-likeness (QED) is 0.174. The van der Waals surface area contributed by atoms with Crippen molar-refractivity contribution in [3.05, 3.63) is 94.8 Å². The Morgan fingerprint density at radius 2 is 1.74 bits per heavy atom. The fourth-order valence-corrected chi connectivity index (χ4v) is 4.16. The van der Waals surface area contributed by atoms with Gasteiger partial charge in [0.2, 0.25) is 6.79 Å². The Hall–Kier alpha value is -4.37. The number of ether oxygens (including phenoxy) is 4. The average molecular weight is 550 g/mol. The number of pyridine rings is 2. The Labute approximate surface area is 231 Å². The van der Waals surface area contributed by atoms with E-state index in [0.717, 1.165) is 5.56 Å². The highest BCUT2D eigenvalue weighted by atomic mass is 35.5. The van der Waals surface area contributed by atoms with Crippen molar-refractivity contribution in [3.8, 4) is 5.75 Å². The van der Waals surface area contributed by atoms with Gasteiger partial charge in [-0.1, -0.05) is 29.8 Å². The summed E-state index contributed by atoms with van der Waals surface area (Å²) in [5.41, 5.74) is 2.30. The van der Waals surface area contributed by atoms with Gasteiger partial charge in [0.1, 0.15) is 11.3 Å². The number of nitrogens with zero attached hydrogens (tertiary/aromatic N) is 2. The van der Waals surface area contributed by atoms with E-state index < -0.39 is 25.0 Å². The number of rotatable bonds is 10. The van der Waals surface area contributed by atoms with Crippen molar-refractivity contribution >= 4 is 40.4 Å². The number of benzene rings is 2. The van der Waals surface area contributed by atoms with E-state index >= 15 is 0 Å². The molecule has 0 amide bonds. The van der Waals surface area contributed by atoms with Crippen LogP contribution < -0.4 is 10.1 Å². The lowest BCUT2D eigenvalue weighted by Crippen LogP contribution is -2.18. The molecule has 0 fully saturated rings. The smallest absolute Gasteiger partial charge is 0.462 e. The Morgan fingerprint density at radius 3 is 2.44 bits per heavy atom. The van der Waals surface area contributed by atoms with Crippen LogP contribution in [0, 0.1) is 0 Å². The van der Waals surface area contributed by atoms with Gasteiger partial charge in [-0.2, -0.15) is 0 Å². The van der Waals surface area contributed by atoms with Gasteiger partial charge in [0.25, 0.3) is 0 Å². The Morgan fingerprint density at radius 1 is 0.974 bits per heavy atom. The van der Waals surface area contributed by atoms with Crippen LogP contribution in [0.2, 0.25) is 5.02 Å². The molecule has 4 rings (SSSR count). The highest BCUT2D eigenvalue weighted by molar-refractivity contribution is 6.35. The number of esters is 1. The van der Waals surface area contributed by atoms with Crippen molar-refractivity contribution in [2.24, 2.45) is 0 Å². The zero-order valence-corrected chi connectivity index (χ0v) is 22.5. The SMILES string of the molecule is CCOC(=O)c1ccc(C(Nc2ccccn2)c2cc(Cl)c3cccnc3c2OCOC(=O)OC(C)C)cc1. The summed E-state index contributed by atoms with van der Waals surface area (Å²) in [6.45, 7) is 5.06. The normalized spacial score (nSPS) is 11.6. The number of hydrogen-bond donors (Lipinski definition) is 1. The minimum absolute atomic E-state index is 0.278. The summed E-state index contributed by atoms with van der Waals surface area (Å²) in [4.78, 5) is 33.1. The molecule has 39 heavy (non-hydrogen) atoms. The summed E-state index contributed by atoms with van der Waals surface area (Å²) in [5, 5.41) is 4.54. The summed E-state index contributed by atoms with van der Waals surface area (Å²) in [7, 11) is 0. The fraction of sp³-hybridized carbons (Fsp3) is 0.241. The molecule has 1 atom stereocenters. The Balaban J connectivity index is 1.78. The summed E-state index contributed by atoms with van der Waals surface area (Å²) < 4.78 is 21.3. The van der Waals surface area contributed by atoms with Crippen LogP contribution in [0.4, 0.5) is 10.6 Å². The minimum Gasteiger partial charge on any atom is -0.462 e. The first-order valence-corrected chi connectivity index (χ1v) is 12.7. The number of aromatic nitrogens is 2. The van der Waals surface area contributed by atoms with Crippen LogP contribution in [-0.2, 0) is 14.2 Å². The van der Waals surface area contributed by atoms with Crippen LogP contribution >= 0.6 is 11.6 Å². The first kappa shape index (κ1) is 27.7. The van der Waals surface area contributed by atoms with E-state index in [2.05, 4.69) is 15.3 Å². The maximum absolute atomic E-state index is 12.2. The number of carbonyl (C=O) groups excluding carboxylic acids is 2. The molecule has 2 aromatic carbocycles. The molecule has 2 aromatic heterocycles. The second-order valence-corrected chi connectivity index (χ2v) is 9.04. The topological polar surface area (TPSA) is 109 Å². The number of carbonyl (C=O) groups is 2. The molecule has 0 saturated carbocycles. The van der Waals surface area contributed by atoms with Crippen LogP contribution in [0.15, 0.2) is 73.1 Å². The summed E-state index contributed by atoms with van der Waals surface area (Å²) >= 11 is 6.71. The molecule has 1 N–H and O–H groups in total. The Bertz CT molecular complexity index is 1430. The zero-order chi connectivity index (χ0) is 27.8. The van der Waals surface area contributed by atoms with Crippen molar-refractivity contribution in [2.75, 3.05) is 18.7 Å². The van der Waals surface area contributed by atoms with Crippen LogP contribution in [0.5, 0.6) is 5.75 Å². The highest BCUT2D eigenvalue weighted by Gasteiger charge is 2.24. The lowest BCUT2D eigenvalue weighted by Gasteiger charge is -2.24. The van der Waals surface area contributed by atoms with Crippen molar-refractivity contribution in [2.45, 2.75) is 32.9 Å². The molecular weight excluding hydrogens is 522 g/mol. The first-order chi connectivity index (χ1) is 18.9. The largest absolute Gasteiger partial charge is 0.511 e. The molecule has 0 aliphatic rings. The van der Waals surface area contributed by atoms with Crippen LogP contribution in [0.3, 0.4) is 0 Å².